The van der Waals surface area contributed by atoms with E-state index in [9.17, 15) is 0 Å². The van der Waals surface area contributed by atoms with E-state index in [1.807, 2.05) is 0 Å². The Morgan fingerprint density at radius 2 is 2.18 bits per heavy atom. The van der Waals surface area contributed by atoms with Crippen molar-refractivity contribution in [3.63, 3.8) is 0 Å². The number of hydrogen-bond acceptors (Lipinski definition) is 0. The molecule has 4 unspecified atom stereocenters. The van der Waals surface area contributed by atoms with E-state index < -0.39 is 0 Å². The lowest BCUT2D eigenvalue weighted by atomic mass is 9.59. The first-order valence-electron chi connectivity index (χ1n) is 7.05. The summed E-state index contributed by atoms with van der Waals surface area (Å²) in [6.45, 7) is 14.9. The summed E-state index contributed by atoms with van der Waals surface area (Å²) < 4.78 is 0. The second kappa shape index (κ2) is 4.48. The van der Waals surface area contributed by atoms with Gasteiger partial charge in [0.15, 0.2) is 0 Å². The number of nitrogens with zero attached hydrogens (tertiary/aromatic N) is 1. The largest absolute Gasteiger partial charge is 0.278 e. The maximum atomic E-state index is 5.63. The second-order valence-corrected chi connectivity index (χ2v) is 6.73. The molecule has 1 nitrogen and oxygen atoms in total. The van der Waals surface area contributed by atoms with E-state index in [1.165, 1.54) is 19.3 Å². The molecular formula is C16H26N+. The van der Waals surface area contributed by atoms with Crippen LogP contribution in [0.4, 0.5) is 0 Å². The number of fused-ring (bicyclic) bond motifs is 1. The van der Waals surface area contributed by atoms with Gasteiger partial charge in [-0.3, -0.25) is 0 Å². The van der Waals surface area contributed by atoms with Crippen LogP contribution >= 0.6 is 0 Å². The van der Waals surface area contributed by atoms with Gasteiger partial charge < -0.3 is 0 Å². The highest BCUT2D eigenvalue weighted by molar-refractivity contribution is 5.16. The Morgan fingerprint density at radius 1 is 1.47 bits per heavy atom. The van der Waals surface area contributed by atoms with Crippen molar-refractivity contribution in [2.45, 2.75) is 58.9 Å². The van der Waals surface area contributed by atoms with Crippen molar-refractivity contribution < 1.29 is 0 Å². The van der Waals surface area contributed by atoms with Crippen molar-refractivity contribution in [1.82, 2.24) is 0 Å². The smallest absolute Gasteiger partial charge is 0.0850 e. The molecular weight excluding hydrogens is 206 g/mol. The third-order valence-electron chi connectivity index (χ3n) is 5.20. The van der Waals surface area contributed by atoms with Crippen molar-refractivity contribution >= 4 is 0 Å². The van der Waals surface area contributed by atoms with Crippen LogP contribution in [0.3, 0.4) is 0 Å². The highest BCUT2D eigenvalue weighted by Gasteiger charge is 2.48. The second-order valence-electron chi connectivity index (χ2n) is 6.73. The van der Waals surface area contributed by atoms with E-state index >= 15 is 0 Å². The average Bonchev–Trinajstić information content (AvgIpc) is 2.29. The Morgan fingerprint density at radius 3 is 2.76 bits per heavy atom. The van der Waals surface area contributed by atoms with Crippen molar-refractivity contribution in [3.05, 3.63) is 16.5 Å². The van der Waals surface area contributed by atoms with Gasteiger partial charge in [-0.2, -0.15) is 0 Å². The first-order valence-corrected chi connectivity index (χ1v) is 7.05. The van der Waals surface area contributed by atoms with Gasteiger partial charge in [0.1, 0.15) is 0 Å². The van der Waals surface area contributed by atoms with Gasteiger partial charge in [0.25, 0.3) is 12.1 Å². The SMILES string of the molecule is C#[N+]C1(C)CCC2C(C)=CCC(C(C)C)C2C1. The summed E-state index contributed by atoms with van der Waals surface area (Å²) in [7, 11) is 0. The zero-order chi connectivity index (χ0) is 12.6. The number of allylic oxidation sites excluding steroid dienone is 2. The van der Waals surface area contributed by atoms with Gasteiger partial charge in [0.2, 0.25) is 0 Å². The van der Waals surface area contributed by atoms with Crippen LogP contribution in [0.2, 0.25) is 0 Å². The van der Waals surface area contributed by atoms with E-state index in [0.29, 0.717) is 0 Å². The van der Waals surface area contributed by atoms with Gasteiger partial charge in [0.05, 0.1) is 0 Å². The van der Waals surface area contributed by atoms with Crippen LogP contribution in [-0.4, -0.2) is 5.54 Å². The molecule has 2 rings (SSSR count). The van der Waals surface area contributed by atoms with Gasteiger partial charge in [-0.1, -0.05) is 30.3 Å². The molecule has 2 aliphatic carbocycles. The van der Waals surface area contributed by atoms with Crippen LogP contribution in [0.25, 0.3) is 4.85 Å². The highest BCUT2D eigenvalue weighted by Crippen LogP contribution is 2.50. The molecule has 0 aromatic heterocycles. The molecule has 0 N–H and O–H groups in total. The lowest BCUT2D eigenvalue weighted by molar-refractivity contribution is 0.107. The van der Waals surface area contributed by atoms with E-state index in [2.05, 4.69) is 38.6 Å². The predicted octanol–water partition coefficient (Wildman–Crippen LogP) is 4.75. The van der Waals surface area contributed by atoms with Crippen LogP contribution in [0.1, 0.15) is 53.4 Å². The monoisotopic (exact) mass is 232 g/mol. The maximum Gasteiger partial charge on any atom is 0.278 e. The molecule has 94 valence electrons. The van der Waals surface area contributed by atoms with Gasteiger partial charge >= 0.3 is 0 Å². The van der Waals surface area contributed by atoms with Gasteiger partial charge in [0, 0.05) is 19.8 Å². The lowest BCUT2D eigenvalue weighted by Gasteiger charge is -2.44. The van der Waals surface area contributed by atoms with Crippen LogP contribution in [-0.2, 0) is 0 Å². The van der Waals surface area contributed by atoms with E-state index in [-0.39, 0.29) is 5.54 Å². The zero-order valence-electron chi connectivity index (χ0n) is 11.7. The summed E-state index contributed by atoms with van der Waals surface area (Å²) in [6.07, 6.45) is 7.34. The molecule has 0 amide bonds. The van der Waals surface area contributed by atoms with Crippen molar-refractivity contribution in [1.29, 1.82) is 0 Å². The standard InChI is InChI=1S/C16H26N/c1-11(2)13-7-6-12(3)14-8-9-16(4,17-5)10-15(13)14/h5-6,11,13-15H,7-10H2,1-4H3/q+1. The topological polar surface area (TPSA) is 4.36 Å². The molecule has 0 aromatic rings. The van der Waals surface area contributed by atoms with Crippen molar-refractivity contribution in [3.8, 4) is 6.57 Å². The molecule has 2 aliphatic rings. The van der Waals surface area contributed by atoms with Crippen molar-refractivity contribution in [2.75, 3.05) is 0 Å². The maximum absolute atomic E-state index is 5.63. The fraction of sp³-hybridized carbons (Fsp3) is 0.812. The van der Waals surface area contributed by atoms with Crippen LogP contribution in [0.15, 0.2) is 11.6 Å². The van der Waals surface area contributed by atoms with E-state index in [0.717, 1.165) is 30.1 Å². The molecule has 1 saturated carbocycles. The Kier molecular flexibility index (Phi) is 3.34. The first kappa shape index (κ1) is 12.7. The van der Waals surface area contributed by atoms with Gasteiger partial charge in [-0.05, 0) is 43.4 Å². The first-order chi connectivity index (χ1) is 7.97. The molecule has 0 saturated heterocycles. The summed E-state index contributed by atoms with van der Waals surface area (Å²) in [6, 6.07) is 0. The zero-order valence-corrected chi connectivity index (χ0v) is 11.7. The molecule has 1 heteroatoms. The Hall–Kier alpha value is -0.770. The quantitative estimate of drug-likeness (QED) is 0.575. The summed E-state index contributed by atoms with van der Waals surface area (Å²) in [5, 5.41) is 0. The predicted molar refractivity (Wildman–Crippen MR) is 74.2 cm³/mol. The summed E-state index contributed by atoms with van der Waals surface area (Å²) >= 11 is 0. The fourth-order valence-electron chi connectivity index (χ4n) is 3.98. The molecule has 0 aliphatic heterocycles. The van der Waals surface area contributed by atoms with Crippen LogP contribution in [0, 0.1) is 30.2 Å². The van der Waals surface area contributed by atoms with Crippen molar-refractivity contribution in [2.24, 2.45) is 23.7 Å². The Balaban J connectivity index is 2.25. The molecule has 17 heavy (non-hydrogen) atoms. The van der Waals surface area contributed by atoms with Crippen LogP contribution < -0.4 is 0 Å². The summed E-state index contributed by atoms with van der Waals surface area (Å²) in [5.74, 6) is 3.19. The summed E-state index contributed by atoms with van der Waals surface area (Å²) in [5.41, 5.74) is 1.65. The average molecular weight is 232 g/mol. The lowest BCUT2D eigenvalue weighted by Crippen LogP contribution is -2.41. The third-order valence-corrected chi connectivity index (χ3v) is 5.20. The van der Waals surface area contributed by atoms with Crippen LogP contribution in [0.5, 0.6) is 0 Å². The molecule has 0 radical (unpaired) electrons. The fourth-order valence-corrected chi connectivity index (χ4v) is 3.98. The Bertz CT molecular complexity index is 360. The highest BCUT2D eigenvalue weighted by atomic mass is 14.8. The minimum Gasteiger partial charge on any atom is -0.0850 e. The van der Waals surface area contributed by atoms with Gasteiger partial charge in [-0.15, -0.1) is 0 Å². The normalized spacial score (nSPS) is 41.6. The minimum absolute atomic E-state index is 0.0337. The molecule has 0 spiro atoms. The number of rotatable bonds is 1. The third kappa shape index (κ3) is 2.28. The van der Waals surface area contributed by atoms with Gasteiger partial charge in [-0.25, -0.2) is 0 Å². The molecule has 0 aromatic carbocycles. The molecule has 0 bridgehead atoms. The van der Waals surface area contributed by atoms with E-state index in [4.69, 9.17) is 6.57 Å². The molecule has 1 fully saturated rings. The number of hydrogen-bond donors (Lipinski definition) is 0. The van der Waals surface area contributed by atoms with E-state index in [1.54, 1.807) is 5.57 Å². The molecule has 4 atom stereocenters. The summed E-state index contributed by atoms with van der Waals surface area (Å²) in [4.78, 5) is 4.17. The molecule has 0 heterocycles. The Labute approximate surface area is 106 Å². The minimum atomic E-state index is 0.0337.